The number of fused-ring (bicyclic) bond motifs is 1. The van der Waals surface area contributed by atoms with E-state index in [1.54, 1.807) is 12.3 Å². The molecular weight excluding hydrogens is 377 g/mol. The van der Waals surface area contributed by atoms with Crippen molar-refractivity contribution in [1.29, 1.82) is 0 Å². The Balaban J connectivity index is 2.32. The molecule has 0 amide bonds. The zero-order chi connectivity index (χ0) is 18.4. The van der Waals surface area contributed by atoms with E-state index in [2.05, 4.69) is 4.99 Å². The summed E-state index contributed by atoms with van der Waals surface area (Å²) in [4.78, 5) is 5.06. The van der Waals surface area contributed by atoms with Crippen LogP contribution in [-0.2, 0) is 10.1 Å². The quantitative estimate of drug-likeness (QED) is 0.625. The third kappa shape index (κ3) is 3.00. The van der Waals surface area contributed by atoms with Gasteiger partial charge in [0.2, 0.25) is 0 Å². The molecule has 10 heteroatoms. The standard InChI is InChI=1S/C15H11F3N2O3S2/c1-24-15-19-10-5-3-2-4-8(10)14(25(21,22)23)20(15)11-7-6-9(16)12(17)13(11)18/h2-7,14H,1H3,(H,21,22,23). The summed E-state index contributed by atoms with van der Waals surface area (Å²) >= 11 is 0.968. The van der Waals surface area contributed by atoms with Crippen LogP contribution in [0.25, 0.3) is 0 Å². The van der Waals surface area contributed by atoms with Crippen molar-refractivity contribution < 1.29 is 26.1 Å². The van der Waals surface area contributed by atoms with Crippen molar-refractivity contribution in [3.63, 3.8) is 0 Å². The van der Waals surface area contributed by atoms with Gasteiger partial charge in [-0.2, -0.15) is 8.42 Å². The molecule has 1 N–H and O–H groups in total. The fraction of sp³-hybridized carbons (Fsp3) is 0.133. The van der Waals surface area contributed by atoms with Crippen molar-refractivity contribution >= 4 is 38.4 Å². The van der Waals surface area contributed by atoms with Crippen LogP contribution in [0, 0.1) is 17.5 Å². The first-order valence-electron chi connectivity index (χ1n) is 6.86. The summed E-state index contributed by atoms with van der Waals surface area (Å²) in [7, 11) is -4.77. The minimum absolute atomic E-state index is 0.00577. The van der Waals surface area contributed by atoms with Crippen molar-refractivity contribution in [3.8, 4) is 0 Å². The van der Waals surface area contributed by atoms with Crippen LogP contribution in [-0.4, -0.2) is 24.4 Å². The van der Waals surface area contributed by atoms with E-state index in [-0.39, 0.29) is 16.4 Å². The molecule has 0 saturated heterocycles. The van der Waals surface area contributed by atoms with Crippen molar-refractivity contribution in [2.24, 2.45) is 4.99 Å². The van der Waals surface area contributed by atoms with Gasteiger partial charge < -0.3 is 0 Å². The second-order valence-corrected chi connectivity index (χ2v) is 7.34. The number of nitrogens with zero attached hydrogens (tertiary/aromatic N) is 2. The average Bonchev–Trinajstić information content (AvgIpc) is 2.57. The van der Waals surface area contributed by atoms with E-state index in [9.17, 15) is 26.1 Å². The molecule has 1 aliphatic rings. The van der Waals surface area contributed by atoms with Gasteiger partial charge in [-0.1, -0.05) is 30.0 Å². The van der Waals surface area contributed by atoms with Gasteiger partial charge in [0.25, 0.3) is 10.1 Å². The lowest BCUT2D eigenvalue weighted by Gasteiger charge is -2.35. The fourth-order valence-corrected chi connectivity index (χ4v) is 4.22. The number of amidine groups is 1. The molecular formula is C15H11F3N2O3S2. The summed E-state index contributed by atoms with van der Waals surface area (Å²) < 4.78 is 75.0. The van der Waals surface area contributed by atoms with Crippen molar-refractivity contribution in [1.82, 2.24) is 0 Å². The molecule has 5 nitrogen and oxygen atoms in total. The predicted octanol–water partition coefficient (Wildman–Crippen LogP) is 3.86. The van der Waals surface area contributed by atoms with E-state index in [4.69, 9.17) is 0 Å². The van der Waals surface area contributed by atoms with E-state index >= 15 is 0 Å². The molecule has 0 spiro atoms. The van der Waals surface area contributed by atoms with Gasteiger partial charge in [-0.05, 0) is 24.5 Å². The molecule has 0 saturated carbocycles. The smallest absolute Gasteiger partial charge is 0.291 e. The van der Waals surface area contributed by atoms with Crippen LogP contribution in [0.15, 0.2) is 41.4 Å². The van der Waals surface area contributed by atoms with E-state index in [0.29, 0.717) is 6.07 Å². The molecule has 1 unspecified atom stereocenters. The molecule has 2 aromatic rings. The van der Waals surface area contributed by atoms with Gasteiger partial charge in [0.15, 0.2) is 28.0 Å². The Hall–Kier alpha value is -2.04. The van der Waals surface area contributed by atoms with Crippen LogP contribution >= 0.6 is 11.8 Å². The lowest BCUT2D eigenvalue weighted by Crippen LogP contribution is -2.40. The summed E-state index contributed by atoms with van der Waals surface area (Å²) in [6, 6.07) is 7.65. The van der Waals surface area contributed by atoms with Gasteiger partial charge >= 0.3 is 0 Å². The maximum absolute atomic E-state index is 14.3. The van der Waals surface area contributed by atoms with E-state index in [1.165, 1.54) is 18.2 Å². The third-order valence-electron chi connectivity index (χ3n) is 3.60. The number of hydrogen-bond donors (Lipinski definition) is 1. The molecule has 3 rings (SSSR count). The highest BCUT2D eigenvalue weighted by Crippen LogP contribution is 2.43. The molecule has 1 atom stereocenters. The highest BCUT2D eigenvalue weighted by Gasteiger charge is 2.41. The Morgan fingerprint density at radius 2 is 1.80 bits per heavy atom. The molecule has 132 valence electrons. The van der Waals surface area contributed by atoms with Crippen LogP contribution in [0.1, 0.15) is 10.9 Å². The molecule has 1 heterocycles. The molecule has 0 bridgehead atoms. The first-order valence-corrected chi connectivity index (χ1v) is 9.59. The molecule has 0 aromatic heterocycles. The Kier molecular flexibility index (Phi) is 4.52. The van der Waals surface area contributed by atoms with Gasteiger partial charge in [-0.25, -0.2) is 18.2 Å². The molecule has 2 aromatic carbocycles. The predicted molar refractivity (Wildman–Crippen MR) is 90.1 cm³/mol. The zero-order valence-corrected chi connectivity index (χ0v) is 14.3. The number of aliphatic imine (C=N–C) groups is 1. The number of para-hydroxylation sites is 1. The minimum Gasteiger partial charge on any atom is -0.294 e. The number of rotatable bonds is 2. The molecule has 0 radical (unpaired) electrons. The zero-order valence-electron chi connectivity index (χ0n) is 12.6. The number of anilines is 1. The number of hydrogen-bond acceptors (Lipinski definition) is 5. The molecule has 25 heavy (non-hydrogen) atoms. The van der Waals surface area contributed by atoms with Gasteiger partial charge in [0, 0.05) is 5.56 Å². The lowest BCUT2D eigenvalue weighted by atomic mass is 10.1. The SMILES string of the molecule is CSC1=Nc2ccccc2C(S(=O)(=O)O)N1c1ccc(F)c(F)c1F. The molecule has 0 aliphatic carbocycles. The van der Waals surface area contributed by atoms with Gasteiger partial charge in [0.1, 0.15) is 0 Å². The van der Waals surface area contributed by atoms with Crippen molar-refractivity contribution in [3.05, 3.63) is 59.4 Å². The highest BCUT2D eigenvalue weighted by molar-refractivity contribution is 8.13. The average molecular weight is 388 g/mol. The van der Waals surface area contributed by atoms with E-state index < -0.39 is 38.6 Å². The Bertz CT molecular complexity index is 980. The number of thioether (sulfide) groups is 1. The summed E-state index contributed by atoms with van der Waals surface area (Å²) in [5, 5.41) is -1.74. The van der Waals surface area contributed by atoms with Gasteiger partial charge in [0.05, 0.1) is 11.4 Å². The Labute approximate surface area is 145 Å². The first kappa shape index (κ1) is 17.8. The number of benzene rings is 2. The van der Waals surface area contributed by atoms with Crippen LogP contribution in [0.2, 0.25) is 0 Å². The monoisotopic (exact) mass is 388 g/mol. The molecule has 0 fully saturated rings. The largest absolute Gasteiger partial charge is 0.294 e. The second kappa shape index (κ2) is 6.36. The van der Waals surface area contributed by atoms with Crippen LogP contribution in [0.4, 0.5) is 24.5 Å². The number of halogens is 3. The summed E-state index contributed by atoms with van der Waals surface area (Å²) in [5.74, 6) is -4.73. The van der Waals surface area contributed by atoms with Crippen LogP contribution < -0.4 is 4.90 Å². The summed E-state index contributed by atoms with van der Waals surface area (Å²) in [6.45, 7) is 0. The van der Waals surface area contributed by atoms with Crippen molar-refractivity contribution in [2.75, 3.05) is 11.2 Å². The molecule has 1 aliphatic heterocycles. The normalized spacial score (nSPS) is 17.2. The van der Waals surface area contributed by atoms with E-state index in [1.807, 2.05) is 0 Å². The lowest BCUT2D eigenvalue weighted by molar-refractivity contribution is 0.445. The topological polar surface area (TPSA) is 70.0 Å². The fourth-order valence-electron chi connectivity index (χ4n) is 2.56. The first-order chi connectivity index (χ1) is 11.8. The maximum Gasteiger partial charge on any atom is 0.291 e. The summed E-state index contributed by atoms with van der Waals surface area (Å²) in [6.07, 6.45) is 1.55. The highest BCUT2D eigenvalue weighted by atomic mass is 32.2. The summed E-state index contributed by atoms with van der Waals surface area (Å²) in [5.41, 5.74) is -0.190. The minimum atomic E-state index is -4.77. The Morgan fingerprint density at radius 3 is 2.44 bits per heavy atom. The van der Waals surface area contributed by atoms with Gasteiger partial charge in [-0.15, -0.1) is 0 Å². The third-order valence-corrected chi connectivity index (χ3v) is 5.28. The van der Waals surface area contributed by atoms with Crippen LogP contribution in [0.5, 0.6) is 0 Å². The van der Waals surface area contributed by atoms with Crippen molar-refractivity contribution in [2.45, 2.75) is 5.37 Å². The maximum atomic E-state index is 14.3. The van der Waals surface area contributed by atoms with Crippen LogP contribution in [0.3, 0.4) is 0 Å². The second-order valence-electron chi connectivity index (χ2n) is 5.09. The van der Waals surface area contributed by atoms with E-state index in [0.717, 1.165) is 22.7 Å². The Morgan fingerprint density at radius 1 is 1.12 bits per heavy atom. The van der Waals surface area contributed by atoms with Gasteiger partial charge in [-0.3, -0.25) is 9.45 Å².